The van der Waals surface area contributed by atoms with Crippen molar-refractivity contribution in [3.8, 4) is 0 Å². The third kappa shape index (κ3) is 12.6. The van der Waals surface area contributed by atoms with Gasteiger partial charge >= 0.3 is 11.9 Å². The Morgan fingerprint density at radius 2 is 0.852 bits per heavy atom. The monoisotopic (exact) mass is 382 g/mol. The molecule has 0 aliphatic carbocycles. The van der Waals surface area contributed by atoms with E-state index in [2.05, 4.69) is 13.8 Å². The molecular formula is C23H42O4. The number of ether oxygens (including phenoxy) is 2. The van der Waals surface area contributed by atoms with Crippen LogP contribution in [0.2, 0.25) is 0 Å². The zero-order valence-electron chi connectivity index (χ0n) is 18.2. The van der Waals surface area contributed by atoms with Crippen LogP contribution in [0.25, 0.3) is 0 Å². The molecule has 0 N–H and O–H groups in total. The lowest BCUT2D eigenvalue weighted by atomic mass is 9.96. The summed E-state index contributed by atoms with van der Waals surface area (Å²) in [7, 11) is 0. The second-order valence-corrected chi connectivity index (χ2v) is 7.08. The summed E-state index contributed by atoms with van der Waals surface area (Å²) in [5, 5.41) is 0. The molecule has 0 fully saturated rings. The smallest absolute Gasteiger partial charge is 0.334 e. The van der Waals surface area contributed by atoms with E-state index in [0.717, 1.165) is 25.7 Å². The topological polar surface area (TPSA) is 52.6 Å². The summed E-state index contributed by atoms with van der Waals surface area (Å²) in [6, 6.07) is 0. The minimum Gasteiger partial charge on any atom is -0.463 e. The van der Waals surface area contributed by atoms with Crippen molar-refractivity contribution >= 4 is 11.9 Å². The van der Waals surface area contributed by atoms with E-state index in [1.54, 1.807) is 13.8 Å². The van der Waals surface area contributed by atoms with Crippen molar-refractivity contribution in [3.05, 3.63) is 11.1 Å². The normalized spacial score (nSPS) is 11.9. The summed E-state index contributed by atoms with van der Waals surface area (Å²) in [4.78, 5) is 25.0. The Bertz CT molecular complexity index is 426. The van der Waals surface area contributed by atoms with Gasteiger partial charge in [-0.15, -0.1) is 0 Å². The second-order valence-electron chi connectivity index (χ2n) is 7.08. The fourth-order valence-electron chi connectivity index (χ4n) is 3.18. The molecule has 0 spiro atoms. The maximum absolute atomic E-state index is 12.5. The Balaban J connectivity index is 5.06. The molecule has 0 saturated carbocycles. The van der Waals surface area contributed by atoms with E-state index < -0.39 is 0 Å². The van der Waals surface area contributed by atoms with Crippen molar-refractivity contribution in [2.75, 3.05) is 13.2 Å². The summed E-state index contributed by atoms with van der Waals surface area (Å²) >= 11 is 0. The Labute approximate surface area is 167 Å². The van der Waals surface area contributed by atoms with Gasteiger partial charge in [-0.2, -0.15) is 0 Å². The number of hydrogen-bond donors (Lipinski definition) is 0. The zero-order chi connectivity index (χ0) is 20.3. The van der Waals surface area contributed by atoms with Crippen LogP contribution in [0.4, 0.5) is 0 Å². The predicted octanol–water partition coefficient (Wildman–Crippen LogP) is 6.52. The number of carbonyl (C=O) groups is 2. The van der Waals surface area contributed by atoms with Gasteiger partial charge in [0.15, 0.2) is 0 Å². The SMILES string of the molecule is CCCCCCCC/C(C(=O)OCC)=C(\CCCCCCC)C(=O)OCC. The molecule has 0 atom stereocenters. The molecule has 0 aromatic carbocycles. The second kappa shape index (κ2) is 18.1. The molecule has 0 rings (SSSR count). The average Bonchev–Trinajstić information content (AvgIpc) is 2.65. The van der Waals surface area contributed by atoms with Gasteiger partial charge in [-0.05, 0) is 39.5 Å². The first-order valence-electron chi connectivity index (χ1n) is 11.2. The first kappa shape index (κ1) is 25.7. The molecule has 0 amide bonds. The molecule has 4 nitrogen and oxygen atoms in total. The van der Waals surface area contributed by atoms with Gasteiger partial charge in [-0.1, -0.05) is 71.6 Å². The number of esters is 2. The van der Waals surface area contributed by atoms with Gasteiger partial charge < -0.3 is 9.47 Å². The van der Waals surface area contributed by atoms with Gasteiger partial charge in [0.05, 0.1) is 13.2 Å². The van der Waals surface area contributed by atoms with E-state index in [4.69, 9.17) is 9.47 Å². The van der Waals surface area contributed by atoms with Gasteiger partial charge in [0.25, 0.3) is 0 Å². The first-order chi connectivity index (χ1) is 13.1. The van der Waals surface area contributed by atoms with E-state index in [1.165, 1.54) is 44.9 Å². The molecule has 0 aromatic rings. The minimum atomic E-state index is -0.345. The molecule has 0 bridgehead atoms. The molecular weight excluding hydrogens is 340 g/mol. The lowest BCUT2D eigenvalue weighted by Crippen LogP contribution is -2.17. The van der Waals surface area contributed by atoms with Crippen LogP contribution < -0.4 is 0 Å². The fourth-order valence-corrected chi connectivity index (χ4v) is 3.18. The Kier molecular flexibility index (Phi) is 17.2. The van der Waals surface area contributed by atoms with Gasteiger partial charge in [0, 0.05) is 11.1 Å². The molecule has 0 aliphatic rings. The Morgan fingerprint density at radius 3 is 1.19 bits per heavy atom. The predicted molar refractivity (Wildman–Crippen MR) is 112 cm³/mol. The maximum atomic E-state index is 12.5. The molecule has 27 heavy (non-hydrogen) atoms. The summed E-state index contributed by atoms with van der Waals surface area (Å²) in [6.45, 7) is 8.64. The molecule has 0 aromatic heterocycles. The minimum absolute atomic E-state index is 0.325. The van der Waals surface area contributed by atoms with Crippen molar-refractivity contribution in [2.45, 2.75) is 111 Å². The quantitative estimate of drug-likeness (QED) is 0.163. The van der Waals surface area contributed by atoms with Crippen LogP contribution in [-0.2, 0) is 19.1 Å². The van der Waals surface area contributed by atoms with E-state index in [0.29, 0.717) is 37.2 Å². The largest absolute Gasteiger partial charge is 0.463 e. The summed E-state index contributed by atoms with van der Waals surface area (Å²) in [5.74, 6) is -0.690. The van der Waals surface area contributed by atoms with Crippen molar-refractivity contribution in [1.82, 2.24) is 0 Å². The van der Waals surface area contributed by atoms with Crippen LogP contribution in [-0.4, -0.2) is 25.2 Å². The van der Waals surface area contributed by atoms with Crippen molar-refractivity contribution in [2.24, 2.45) is 0 Å². The molecule has 0 heterocycles. The highest BCUT2D eigenvalue weighted by Gasteiger charge is 2.22. The molecule has 158 valence electrons. The van der Waals surface area contributed by atoms with Gasteiger partial charge in [0.2, 0.25) is 0 Å². The van der Waals surface area contributed by atoms with E-state index in [-0.39, 0.29) is 11.9 Å². The number of rotatable bonds is 17. The van der Waals surface area contributed by atoms with Gasteiger partial charge in [-0.25, -0.2) is 9.59 Å². The van der Waals surface area contributed by atoms with Crippen LogP contribution >= 0.6 is 0 Å². The third-order valence-electron chi connectivity index (χ3n) is 4.72. The van der Waals surface area contributed by atoms with Gasteiger partial charge in [0.1, 0.15) is 0 Å². The summed E-state index contributed by atoms with van der Waals surface area (Å²) in [6.07, 6.45) is 13.6. The fraction of sp³-hybridized carbons (Fsp3) is 0.826. The van der Waals surface area contributed by atoms with Crippen molar-refractivity contribution < 1.29 is 19.1 Å². The Hall–Kier alpha value is -1.32. The lowest BCUT2D eigenvalue weighted by Gasteiger charge is -2.14. The van der Waals surface area contributed by atoms with Crippen LogP contribution in [0.5, 0.6) is 0 Å². The van der Waals surface area contributed by atoms with E-state index >= 15 is 0 Å². The zero-order valence-corrected chi connectivity index (χ0v) is 18.2. The maximum Gasteiger partial charge on any atom is 0.334 e. The highest BCUT2D eigenvalue weighted by molar-refractivity contribution is 6.00. The number of hydrogen-bond acceptors (Lipinski definition) is 4. The number of carbonyl (C=O) groups excluding carboxylic acids is 2. The highest BCUT2D eigenvalue weighted by Crippen LogP contribution is 2.23. The summed E-state index contributed by atoms with van der Waals surface area (Å²) < 4.78 is 10.5. The first-order valence-corrected chi connectivity index (χ1v) is 11.2. The molecule has 0 saturated heterocycles. The van der Waals surface area contributed by atoms with E-state index in [1.807, 2.05) is 0 Å². The molecule has 0 unspecified atom stereocenters. The van der Waals surface area contributed by atoms with E-state index in [9.17, 15) is 9.59 Å². The highest BCUT2D eigenvalue weighted by atomic mass is 16.5. The molecule has 0 radical (unpaired) electrons. The van der Waals surface area contributed by atoms with Crippen molar-refractivity contribution in [1.29, 1.82) is 0 Å². The standard InChI is InChI=1S/C23H42O4/c1-5-9-11-13-15-17-19-21(23(25)27-8-4)20(22(24)26-7-3)18-16-14-12-10-6-2/h5-19H2,1-4H3/b21-20-. The Morgan fingerprint density at radius 1 is 0.519 bits per heavy atom. The summed E-state index contributed by atoms with van der Waals surface area (Å²) in [5.41, 5.74) is 1.08. The average molecular weight is 383 g/mol. The lowest BCUT2D eigenvalue weighted by molar-refractivity contribution is -0.142. The van der Waals surface area contributed by atoms with Crippen LogP contribution in [0.15, 0.2) is 11.1 Å². The van der Waals surface area contributed by atoms with Crippen LogP contribution in [0.1, 0.15) is 111 Å². The molecule has 0 aliphatic heterocycles. The third-order valence-corrected chi connectivity index (χ3v) is 4.72. The van der Waals surface area contributed by atoms with Crippen LogP contribution in [0, 0.1) is 0 Å². The van der Waals surface area contributed by atoms with Crippen LogP contribution in [0.3, 0.4) is 0 Å². The number of unbranched alkanes of at least 4 members (excludes halogenated alkanes) is 9. The van der Waals surface area contributed by atoms with Gasteiger partial charge in [-0.3, -0.25) is 0 Å². The van der Waals surface area contributed by atoms with Crippen molar-refractivity contribution in [3.63, 3.8) is 0 Å². The molecule has 4 heteroatoms.